The molecular formula is C15H13NO2. The second-order valence-electron chi connectivity index (χ2n) is 4.08. The zero-order valence-electron chi connectivity index (χ0n) is 10.3. The highest BCUT2D eigenvalue weighted by molar-refractivity contribution is 5.73. The SMILES string of the molecule is COc1ccc(C)cc1-c1cc(O)cc(C#N)c1. The number of nitriles is 1. The molecule has 0 amide bonds. The number of methoxy groups -OCH3 is 1. The Kier molecular flexibility index (Phi) is 3.20. The van der Waals surface area contributed by atoms with Crippen LogP contribution < -0.4 is 4.74 Å². The highest BCUT2D eigenvalue weighted by Crippen LogP contribution is 2.33. The first kappa shape index (κ1) is 12.0. The maximum absolute atomic E-state index is 9.63. The quantitative estimate of drug-likeness (QED) is 0.875. The molecular weight excluding hydrogens is 226 g/mol. The van der Waals surface area contributed by atoms with Crippen molar-refractivity contribution in [3.05, 3.63) is 47.5 Å². The van der Waals surface area contributed by atoms with Gasteiger partial charge < -0.3 is 9.84 Å². The number of benzene rings is 2. The molecule has 2 rings (SSSR count). The number of hydrogen-bond donors (Lipinski definition) is 1. The van der Waals surface area contributed by atoms with Crippen LogP contribution >= 0.6 is 0 Å². The van der Waals surface area contributed by atoms with Gasteiger partial charge in [0.2, 0.25) is 0 Å². The maximum atomic E-state index is 9.63. The molecule has 90 valence electrons. The van der Waals surface area contributed by atoms with Gasteiger partial charge in [-0.25, -0.2) is 0 Å². The van der Waals surface area contributed by atoms with E-state index in [1.165, 1.54) is 6.07 Å². The third kappa shape index (κ3) is 2.28. The minimum absolute atomic E-state index is 0.0765. The summed E-state index contributed by atoms with van der Waals surface area (Å²) in [5, 5.41) is 18.5. The molecule has 0 unspecified atom stereocenters. The molecule has 0 aliphatic carbocycles. The molecule has 0 aliphatic heterocycles. The average Bonchev–Trinajstić information content (AvgIpc) is 2.38. The van der Waals surface area contributed by atoms with Crippen LogP contribution in [0.15, 0.2) is 36.4 Å². The normalized spacial score (nSPS) is 9.83. The lowest BCUT2D eigenvalue weighted by atomic mass is 10.00. The van der Waals surface area contributed by atoms with Gasteiger partial charge in [0, 0.05) is 5.56 Å². The van der Waals surface area contributed by atoms with Gasteiger partial charge in [-0.1, -0.05) is 11.6 Å². The maximum Gasteiger partial charge on any atom is 0.126 e. The molecule has 2 aromatic rings. The van der Waals surface area contributed by atoms with E-state index in [1.54, 1.807) is 19.2 Å². The van der Waals surface area contributed by atoms with Crippen LogP contribution in [0.2, 0.25) is 0 Å². The van der Waals surface area contributed by atoms with Gasteiger partial charge in [0.05, 0.1) is 18.7 Å². The molecule has 1 N–H and O–H groups in total. The molecule has 18 heavy (non-hydrogen) atoms. The van der Waals surface area contributed by atoms with Gasteiger partial charge in [0.15, 0.2) is 0 Å². The molecule has 0 radical (unpaired) electrons. The van der Waals surface area contributed by atoms with E-state index >= 15 is 0 Å². The first-order valence-corrected chi connectivity index (χ1v) is 5.53. The summed E-state index contributed by atoms with van der Waals surface area (Å²) in [6.45, 7) is 1.98. The van der Waals surface area contributed by atoms with Crippen LogP contribution in [0.25, 0.3) is 11.1 Å². The Morgan fingerprint density at radius 1 is 1.17 bits per heavy atom. The lowest BCUT2D eigenvalue weighted by molar-refractivity contribution is 0.416. The van der Waals surface area contributed by atoms with E-state index in [0.717, 1.165) is 22.4 Å². The number of aryl methyl sites for hydroxylation is 1. The van der Waals surface area contributed by atoms with Gasteiger partial charge in [-0.05, 0) is 42.8 Å². The third-order valence-electron chi connectivity index (χ3n) is 2.71. The number of rotatable bonds is 2. The Labute approximate surface area is 106 Å². The standard InChI is InChI=1S/C15H13NO2/c1-10-3-4-15(18-2)14(5-10)12-6-11(9-16)7-13(17)8-12/h3-8,17H,1-2H3. The van der Waals surface area contributed by atoms with Gasteiger partial charge in [0.25, 0.3) is 0 Å². The Hall–Kier alpha value is -2.47. The molecule has 0 aliphatic rings. The highest BCUT2D eigenvalue weighted by atomic mass is 16.5. The summed E-state index contributed by atoms with van der Waals surface area (Å²) < 4.78 is 5.30. The second-order valence-corrected chi connectivity index (χ2v) is 4.08. The van der Waals surface area contributed by atoms with Crippen LogP contribution in [0, 0.1) is 18.3 Å². The molecule has 0 heterocycles. The van der Waals surface area contributed by atoms with Crippen molar-refractivity contribution in [1.29, 1.82) is 5.26 Å². The first-order valence-electron chi connectivity index (χ1n) is 5.53. The topological polar surface area (TPSA) is 53.2 Å². The lowest BCUT2D eigenvalue weighted by Gasteiger charge is -2.10. The van der Waals surface area contributed by atoms with Gasteiger partial charge in [-0.3, -0.25) is 0 Å². The molecule has 0 spiro atoms. The van der Waals surface area contributed by atoms with Crippen LogP contribution in [0.4, 0.5) is 0 Å². The van der Waals surface area contributed by atoms with Crippen molar-refractivity contribution in [1.82, 2.24) is 0 Å². The van der Waals surface area contributed by atoms with Gasteiger partial charge in [0.1, 0.15) is 11.5 Å². The fourth-order valence-electron chi connectivity index (χ4n) is 1.88. The Balaban J connectivity index is 2.65. The van der Waals surface area contributed by atoms with E-state index < -0.39 is 0 Å². The molecule has 0 fully saturated rings. The van der Waals surface area contributed by atoms with Crippen molar-refractivity contribution >= 4 is 0 Å². The summed E-state index contributed by atoms with van der Waals surface area (Å²) in [6, 6.07) is 12.6. The van der Waals surface area contributed by atoms with Crippen LogP contribution in [-0.2, 0) is 0 Å². The fraction of sp³-hybridized carbons (Fsp3) is 0.133. The molecule has 0 atom stereocenters. The number of phenols is 1. The van der Waals surface area contributed by atoms with Crippen molar-refractivity contribution in [2.24, 2.45) is 0 Å². The molecule has 3 nitrogen and oxygen atoms in total. The fourth-order valence-corrected chi connectivity index (χ4v) is 1.88. The van der Waals surface area contributed by atoms with E-state index in [9.17, 15) is 5.11 Å². The molecule has 0 saturated carbocycles. The summed E-state index contributed by atoms with van der Waals surface area (Å²) in [7, 11) is 1.60. The zero-order valence-corrected chi connectivity index (χ0v) is 10.3. The summed E-state index contributed by atoms with van der Waals surface area (Å²) in [5.41, 5.74) is 3.15. The summed E-state index contributed by atoms with van der Waals surface area (Å²) in [4.78, 5) is 0. The number of aromatic hydroxyl groups is 1. The lowest BCUT2D eigenvalue weighted by Crippen LogP contribution is -1.89. The Morgan fingerprint density at radius 2 is 1.94 bits per heavy atom. The van der Waals surface area contributed by atoms with Crippen LogP contribution in [0.3, 0.4) is 0 Å². The van der Waals surface area contributed by atoms with Crippen LogP contribution in [0.5, 0.6) is 11.5 Å². The second kappa shape index (κ2) is 4.80. The van der Waals surface area contributed by atoms with E-state index in [2.05, 4.69) is 0 Å². The minimum Gasteiger partial charge on any atom is -0.508 e. The van der Waals surface area contributed by atoms with Crippen molar-refractivity contribution in [2.45, 2.75) is 6.92 Å². The van der Waals surface area contributed by atoms with E-state index in [0.29, 0.717) is 5.56 Å². The average molecular weight is 239 g/mol. The molecule has 3 heteroatoms. The first-order chi connectivity index (χ1) is 8.63. The van der Waals surface area contributed by atoms with Crippen LogP contribution in [-0.4, -0.2) is 12.2 Å². The summed E-state index contributed by atoms with van der Waals surface area (Å²) in [6.07, 6.45) is 0. The molecule has 0 bridgehead atoms. The molecule has 0 aromatic heterocycles. The van der Waals surface area contributed by atoms with Crippen molar-refractivity contribution in [3.63, 3.8) is 0 Å². The minimum atomic E-state index is 0.0765. The number of phenolic OH excluding ortho intramolecular Hbond substituents is 1. The molecule has 2 aromatic carbocycles. The monoisotopic (exact) mass is 239 g/mol. The van der Waals surface area contributed by atoms with Gasteiger partial charge in [-0.15, -0.1) is 0 Å². The number of nitrogens with zero attached hydrogens (tertiary/aromatic N) is 1. The summed E-state index contributed by atoms with van der Waals surface area (Å²) in [5.74, 6) is 0.794. The van der Waals surface area contributed by atoms with Gasteiger partial charge >= 0.3 is 0 Å². The Morgan fingerprint density at radius 3 is 2.61 bits per heavy atom. The van der Waals surface area contributed by atoms with E-state index in [1.807, 2.05) is 31.2 Å². The van der Waals surface area contributed by atoms with E-state index in [-0.39, 0.29) is 5.75 Å². The predicted molar refractivity (Wildman–Crippen MR) is 69.5 cm³/mol. The van der Waals surface area contributed by atoms with Crippen molar-refractivity contribution < 1.29 is 9.84 Å². The number of ether oxygens (including phenoxy) is 1. The van der Waals surface area contributed by atoms with Crippen molar-refractivity contribution in [2.75, 3.05) is 7.11 Å². The zero-order chi connectivity index (χ0) is 13.1. The largest absolute Gasteiger partial charge is 0.508 e. The van der Waals surface area contributed by atoms with Crippen molar-refractivity contribution in [3.8, 4) is 28.7 Å². The van der Waals surface area contributed by atoms with Crippen LogP contribution in [0.1, 0.15) is 11.1 Å². The summed E-state index contributed by atoms with van der Waals surface area (Å²) >= 11 is 0. The smallest absolute Gasteiger partial charge is 0.126 e. The number of hydrogen-bond acceptors (Lipinski definition) is 3. The highest BCUT2D eigenvalue weighted by Gasteiger charge is 2.08. The molecule has 0 saturated heterocycles. The van der Waals surface area contributed by atoms with Gasteiger partial charge in [-0.2, -0.15) is 5.26 Å². The third-order valence-corrected chi connectivity index (χ3v) is 2.71. The predicted octanol–water partition coefficient (Wildman–Crippen LogP) is 3.25. The van der Waals surface area contributed by atoms with E-state index in [4.69, 9.17) is 10.00 Å². The Bertz CT molecular complexity index is 627.